The molecular weight excluding hydrogens is 340 g/mol. The van der Waals surface area contributed by atoms with Gasteiger partial charge in [0.05, 0.1) is 23.8 Å². The molecule has 2 atom stereocenters. The van der Waals surface area contributed by atoms with Gasteiger partial charge in [-0.25, -0.2) is 15.0 Å². The third-order valence-electron chi connectivity index (χ3n) is 4.45. The molecule has 0 aliphatic heterocycles. The van der Waals surface area contributed by atoms with E-state index in [1.807, 2.05) is 18.3 Å². The summed E-state index contributed by atoms with van der Waals surface area (Å²) in [6.07, 6.45) is 6.54. The summed E-state index contributed by atoms with van der Waals surface area (Å²) in [7, 11) is 0. The lowest BCUT2D eigenvalue weighted by Gasteiger charge is -2.13. The molecule has 3 aromatic rings. The summed E-state index contributed by atoms with van der Waals surface area (Å²) in [5.74, 6) is 2.19. The molecule has 0 bridgehead atoms. The Morgan fingerprint density at radius 2 is 1.44 bits per heavy atom. The molecule has 0 N–H and O–H groups in total. The minimum Gasteiger partial charge on any atom is -0.241 e. The van der Waals surface area contributed by atoms with Gasteiger partial charge in [0, 0.05) is 36.6 Å². The van der Waals surface area contributed by atoms with Crippen molar-refractivity contribution in [1.82, 2.24) is 40.6 Å². The summed E-state index contributed by atoms with van der Waals surface area (Å²) in [6, 6.07) is 3.82. The molecule has 0 aromatic carbocycles. The summed E-state index contributed by atoms with van der Waals surface area (Å²) >= 11 is 0. The van der Waals surface area contributed by atoms with Gasteiger partial charge in [-0.15, -0.1) is 15.3 Å². The molecule has 3 aromatic heterocycles. The van der Waals surface area contributed by atoms with E-state index in [0.717, 1.165) is 22.9 Å². The van der Waals surface area contributed by atoms with E-state index in [9.17, 15) is 0 Å². The topological polar surface area (TPSA) is 103 Å². The first-order valence-corrected chi connectivity index (χ1v) is 9.17. The summed E-state index contributed by atoms with van der Waals surface area (Å²) in [4.78, 5) is 13.8. The second-order valence-electron chi connectivity index (χ2n) is 7.11. The number of nitrogens with zero attached hydrogens (tertiary/aromatic N) is 8. The summed E-state index contributed by atoms with van der Waals surface area (Å²) < 4.78 is 0. The number of hydrogen-bond acceptors (Lipinski definition) is 8. The molecule has 8 nitrogen and oxygen atoms in total. The van der Waals surface area contributed by atoms with Crippen LogP contribution in [0.5, 0.6) is 0 Å². The van der Waals surface area contributed by atoms with E-state index in [-0.39, 0.29) is 11.8 Å². The Morgan fingerprint density at radius 1 is 0.741 bits per heavy atom. The minimum absolute atomic E-state index is 0.138. The van der Waals surface area contributed by atoms with Crippen LogP contribution >= 0.6 is 0 Å². The van der Waals surface area contributed by atoms with Crippen molar-refractivity contribution in [2.75, 3.05) is 0 Å². The minimum atomic E-state index is 0.138. The number of aromatic nitrogens is 8. The first-order valence-electron chi connectivity index (χ1n) is 9.17. The largest absolute Gasteiger partial charge is 0.241 e. The fraction of sp³-hybridized carbons (Fsp3) is 0.474. The van der Waals surface area contributed by atoms with E-state index < -0.39 is 0 Å². The molecule has 140 valence electrons. The van der Waals surface area contributed by atoms with Crippen molar-refractivity contribution in [3.63, 3.8) is 0 Å². The van der Waals surface area contributed by atoms with Gasteiger partial charge in [0.25, 0.3) is 0 Å². The molecule has 0 aliphatic rings. The summed E-state index contributed by atoms with van der Waals surface area (Å²) in [6.45, 7) is 8.43. The van der Waals surface area contributed by atoms with Gasteiger partial charge in [-0.2, -0.15) is 5.10 Å². The van der Waals surface area contributed by atoms with Crippen molar-refractivity contribution < 1.29 is 0 Å². The molecule has 0 radical (unpaired) electrons. The van der Waals surface area contributed by atoms with Crippen molar-refractivity contribution in [1.29, 1.82) is 0 Å². The molecule has 2 unspecified atom stereocenters. The molecule has 0 fully saturated rings. The Balaban J connectivity index is 1.70. The van der Waals surface area contributed by atoms with Gasteiger partial charge in [0.2, 0.25) is 0 Å². The van der Waals surface area contributed by atoms with E-state index in [1.54, 1.807) is 12.4 Å². The van der Waals surface area contributed by atoms with E-state index in [4.69, 9.17) is 4.98 Å². The summed E-state index contributed by atoms with van der Waals surface area (Å²) in [5.41, 5.74) is 2.82. The quantitative estimate of drug-likeness (QED) is 0.630. The first kappa shape index (κ1) is 18.9. The lowest BCUT2D eigenvalue weighted by Crippen LogP contribution is -2.11. The first-order chi connectivity index (χ1) is 13.0. The highest BCUT2D eigenvalue weighted by atomic mass is 15.3. The average Bonchev–Trinajstić information content (AvgIpc) is 2.69. The maximum absolute atomic E-state index is 4.70. The molecule has 0 saturated heterocycles. The Morgan fingerprint density at radius 3 is 2.19 bits per heavy atom. The monoisotopic (exact) mass is 364 g/mol. The predicted octanol–water partition coefficient (Wildman–Crippen LogP) is 2.66. The van der Waals surface area contributed by atoms with Crippen molar-refractivity contribution in [3.8, 4) is 0 Å². The molecular formula is C19H24N8. The molecule has 0 amide bonds. The van der Waals surface area contributed by atoms with Crippen LogP contribution in [-0.4, -0.2) is 40.6 Å². The fourth-order valence-electron chi connectivity index (χ4n) is 2.78. The smallest absolute Gasteiger partial charge is 0.151 e. The van der Waals surface area contributed by atoms with Crippen LogP contribution in [0.3, 0.4) is 0 Å². The van der Waals surface area contributed by atoms with Crippen molar-refractivity contribution in [2.45, 2.75) is 58.3 Å². The zero-order valence-electron chi connectivity index (χ0n) is 16.1. The zero-order valence-corrected chi connectivity index (χ0v) is 16.1. The number of hydrogen-bond donors (Lipinski definition) is 0. The van der Waals surface area contributed by atoms with E-state index in [1.165, 1.54) is 0 Å². The molecule has 27 heavy (non-hydrogen) atoms. The maximum atomic E-state index is 4.70. The Labute approximate surface area is 158 Å². The van der Waals surface area contributed by atoms with Crippen LogP contribution in [0.1, 0.15) is 74.2 Å². The van der Waals surface area contributed by atoms with E-state index in [0.29, 0.717) is 24.6 Å². The van der Waals surface area contributed by atoms with Crippen molar-refractivity contribution in [3.05, 3.63) is 59.5 Å². The van der Waals surface area contributed by atoms with Crippen molar-refractivity contribution in [2.24, 2.45) is 0 Å². The van der Waals surface area contributed by atoms with Gasteiger partial charge in [-0.3, -0.25) is 0 Å². The molecule has 3 rings (SSSR count). The standard InChI is InChI=1S/C19H24N8/c1-12(2)15-5-7-20-18(23-15)9-14(4)17-11-22-26-19(24-17)10-13(3)16-6-8-21-27-25-16/h5-8,11-14H,9-10H2,1-4H3. The Bertz CT molecular complexity index is 868. The van der Waals surface area contributed by atoms with Crippen LogP contribution in [0, 0.1) is 0 Å². The normalized spacial score (nSPS) is 13.5. The molecule has 8 heteroatoms. The van der Waals surface area contributed by atoms with Crippen LogP contribution in [0.25, 0.3) is 0 Å². The lowest BCUT2D eigenvalue weighted by molar-refractivity contribution is 0.626. The van der Waals surface area contributed by atoms with Crippen LogP contribution < -0.4 is 0 Å². The molecule has 3 heterocycles. The van der Waals surface area contributed by atoms with Crippen molar-refractivity contribution >= 4 is 0 Å². The SMILES string of the molecule is CC(C)c1ccnc(CC(C)c2cnnc(CC(C)c3ccnnn3)n2)n1. The third-order valence-corrected chi connectivity index (χ3v) is 4.45. The Kier molecular flexibility index (Phi) is 6.05. The van der Waals surface area contributed by atoms with E-state index >= 15 is 0 Å². The third kappa shape index (κ3) is 5.06. The van der Waals surface area contributed by atoms with Crippen LogP contribution in [0.4, 0.5) is 0 Å². The van der Waals surface area contributed by atoms with Gasteiger partial charge in [0.15, 0.2) is 5.82 Å². The lowest BCUT2D eigenvalue weighted by atomic mass is 10.0. The summed E-state index contributed by atoms with van der Waals surface area (Å²) in [5, 5.41) is 19.8. The second-order valence-corrected chi connectivity index (χ2v) is 7.11. The zero-order chi connectivity index (χ0) is 19.2. The predicted molar refractivity (Wildman–Crippen MR) is 100 cm³/mol. The highest BCUT2D eigenvalue weighted by molar-refractivity contribution is 5.12. The van der Waals surface area contributed by atoms with Gasteiger partial charge in [0.1, 0.15) is 5.82 Å². The maximum Gasteiger partial charge on any atom is 0.151 e. The van der Waals surface area contributed by atoms with Crippen LogP contribution in [-0.2, 0) is 12.8 Å². The van der Waals surface area contributed by atoms with Crippen LogP contribution in [0.15, 0.2) is 30.7 Å². The van der Waals surface area contributed by atoms with Gasteiger partial charge < -0.3 is 0 Å². The average molecular weight is 364 g/mol. The van der Waals surface area contributed by atoms with Gasteiger partial charge in [-0.05, 0) is 23.3 Å². The van der Waals surface area contributed by atoms with Gasteiger partial charge >= 0.3 is 0 Å². The highest BCUT2D eigenvalue weighted by Crippen LogP contribution is 2.19. The molecule has 0 aliphatic carbocycles. The second kappa shape index (κ2) is 8.66. The fourth-order valence-corrected chi connectivity index (χ4v) is 2.78. The molecule has 0 spiro atoms. The van der Waals surface area contributed by atoms with Crippen LogP contribution in [0.2, 0.25) is 0 Å². The highest BCUT2D eigenvalue weighted by Gasteiger charge is 2.15. The molecule has 0 saturated carbocycles. The van der Waals surface area contributed by atoms with Gasteiger partial charge in [-0.1, -0.05) is 27.7 Å². The van der Waals surface area contributed by atoms with E-state index in [2.05, 4.69) is 63.3 Å². The Hall–Kier alpha value is -2.90. The number of rotatable bonds is 7.